The van der Waals surface area contributed by atoms with Crippen molar-refractivity contribution in [2.24, 2.45) is 12.8 Å². The van der Waals surface area contributed by atoms with E-state index in [-0.39, 0.29) is 5.91 Å². The van der Waals surface area contributed by atoms with E-state index < -0.39 is 6.04 Å². The summed E-state index contributed by atoms with van der Waals surface area (Å²) in [4.78, 5) is 11.9. The van der Waals surface area contributed by atoms with Crippen molar-refractivity contribution in [2.75, 3.05) is 6.54 Å². The highest BCUT2D eigenvalue weighted by Gasteiger charge is 2.14. The molecule has 19 heavy (non-hydrogen) atoms. The molecule has 2 rings (SSSR count). The van der Waals surface area contributed by atoms with Crippen molar-refractivity contribution in [3.8, 4) is 0 Å². The molecule has 2 aromatic rings. The van der Waals surface area contributed by atoms with Gasteiger partial charge >= 0.3 is 0 Å². The summed E-state index contributed by atoms with van der Waals surface area (Å²) < 4.78 is 1.74. The van der Waals surface area contributed by atoms with E-state index in [0.717, 1.165) is 17.5 Å². The number of nitrogens with one attached hydrogen (secondary N) is 1. The van der Waals surface area contributed by atoms with E-state index in [0.29, 0.717) is 6.54 Å². The Hall–Kier alpha value is -2.14. The average molecular weight is 258 g/mol. The standard InChI is InChI=1S/C14H18N4O/c1-18-10-11(9-17-18)7-8-16-14(19)13(15)12-5-3-2-4-6-12/h2-6,9-10,13H,7-8,15H2,1H3,(H,16,19)/t13-/m1/s1. The van der Waals surface area contributed by atoms with Crippen LogP contribution >= 0.6 is 0 Å². The van der Waals surface area contributed by atoms with Gasteiger partial charge in [-0.15, -0.1) is 0 Å². The number of nitrogens with two attached hydrogens (primary N) is 1. The largest absolute Gasteiger partial charge is 0.354 e. The Morgan fingerprint density at radius 1 is 1.42 bits per heavy atom. The third-order valence-electron chi connectivity index (χ3n) is 2.91. The number of aryl methyl sites for hydroxylation is 1. The molecular formula is C14H18N4O. The number of nitrogens with zero attached hydrogens (tertiary/aromatic N) is 2. The van der Waals surface area contributed by atoms with E-state index in [2.05, 4.69) is 10.4 Å². The van der Waals surface area contributed by atoms with Gasteiger partial charge in [0.05, 0.1) is 6.20 Å². The molecule has 1 atom stereocenters. The molecule has 0 spiro atoms. The summed E-state index contributed by atoms with van der Waals surface area (Å²) in [6.07, 6.45) is 4.48. The van der Waals surface area contributed by atoms with Crippen LogP contribution in [0.15, 0.2) is 42.7 Å². The summed E-state index contributed by atoms with van der Waals surface area (Å²) in [7, 11) is 1.87. The second-order valence-electron chi connectivity index (χ2n) is 4.45. The first kappa shape index (κ1) is 13.3. The van der Waals surface area contributed by atoms with Gasteiger partial charge < -0.3 is 11.1 Å². The van der Waals surface area contributed by atoms with Crippen molar-refractivity contribution in [3.05, 3.63) is 53.9 Å². The second-order valence-corrected chi connectivity index (χ2v) is 4.45. The van der Waals surface area contributed by atoms with Gasteiger partial charge in [-0.1, -0.05) is 30.3 Å². The molecule has 0 fully saturated rings. The highest BCUT2D eigenvalue weighted by Crippen LogP contribution is 2.09. The number of hydrogen-bond donors (Lipinski definition) is 2. The Kier molecular flexibility index (Phi) is 4.30. The van der Waals surface area contributed by atoms with Crippen LogP contribution in [0.5, 0.6) is 0 Å². The number of rotatable bonds is 5. The Morgan fingerprint density at radius 3 is 2.79 bits per heavy atom. The quantitative estimate of drug-likeness (QED) is 0.832. The van der Waals surface area contributed by atoms with Crippen LogP contribution in [0.25, 0.3) is 0 Å². The van der Waals surface area contributed by atoms with Gasteiger partial charge in [0.25, 0.3) is 0 Å². The SMILES string of the molecule is Cn1cc(CCNC(=O)[C@H](N)c2ccccc2)cn1. The lowest BCUT2D eigenvalue weighted by atomic mass is 10.1. The number of benzene rings is 1. The molecule has 0 aliphatic heterocycles. The van der Waals surface area contributed by atoms with E-state index in [4.69, 9.17) is 5.73 Å². The maximum Gasteiger partial charge on any atom is 0.241 e. The molecule has 1 aromatic carbocycles. The topological polar surface area (TPSA) is 72.9 Å². The van der Waals surface area contributed by atoms with Crippen LogP contribution in [0.1, 0.15) is 17.2 Å². The van der Waals surface area contributed by atoms with Crippen molar-refractivity contribution < 1.29 is 4.79 Å². The number of amides is 1. The van der Waals surface area contributed by atoms with Crippen LogP contribution in [-0.2, 0) is 18.3 Å². The van der Waals surface area contributed by atoms with Gasteiger partial charge in [0.15, 0.2) is 0 Å². The van der Waals surface area contributed by atoms with Crippen LogP contribution in [0.4, 0.5) is 0 Å². The number of carbonyl (C=O) groups is 1. The van der Waals surface area contributed by atoms with E-state index in [1.165, 1.54) is 0 Å². The highest BCUT2D eigenvalue weighted by molar-refractivity contribution is 5.82. The molecule has 1 amide bonds. The third kappa shape index (κ3) is 3.66. The van der Waals surface area contributed by atoms with Crippen LogP contribution in [-0.4, -0.2) is 22.2 Å². The van der Waals surface area contributed by atoms with Crippen molar-refractivity contribution in [2.45, 2.75) is 12.5 Å². The first-order chi connectivity index (χ1) is 9.16. The molecule has 0 saturated heterocycles. The second kappa shape index (κ2) is 6.15. The minimum absolute atomic E-state index is 0.157. The fourth-order valence-electron chi connectivity index (χ4n) is 1.85. The smallest absolute Gasteiger partial charge is 0.241 e. The summed E-state index contributed by atoms with van der Waals surface area (Å²) in [5.41, 5.74) is 7.81. The van der Waals surface area contributed by atoms with Gasteiger partial charge in [0, 0.05) is 19.8 Å². The van der Waals surface area contributed by atoms with Crippen LogP contribution < -0.4 is 11.1 Å². The molecule has 0 bridgehead atoms. The molecule has 0 unspecified atom stereocenters. The Bertz CT molecular complexity index is 535. The zero-order chi connectivity index (χ0) is 13.7. The molecule has 0 aliphatic carbocycles. The molecular weight excluding hydrogens is 240 g/mol. The van der Waals surface area contributed by atoms with Gasteiger partial charge in [0.1, 0.15) is 6.04 Å². The first-order valence-corrected chi connectivity index (χ1v) is 6.22. The maximum absolute atomic E-state index is 11.9. The van der Waals surface area contributed by atoms with Gasteiger partial charge in [-0.05, 0) is 17.5 Å². The minimum Gasteiger partial charge on any atom is -0.354 e. The summed E-state index contributed by atoms with van der Waals surface area (Å²) >= 11 is 0. The van der Waals surface area contributed by atoms with E-state index in [1.807, 2.05) is 43.6 Å². The zero-order valence-electron chi connectivity index (χ0n) is 10.9. The monoisotopic (exact) mass is 258 g/mol. The lowest BCUT2D eigenvalue weighted by Crippen LogP contribution is -2.35. The minimum atomic E-state index is -0.616. The third-order valence-corrected chi connectivity index (χ3v) is 2.91. The number of hydrogen-bond acceptors (Lipinski definition) is 3. The molecule has 0 radical (unpaired) electrons. The zero-order valence-corrected chi connectivity index (χ0v) is 10.9. The number of aromatic nitrogens is 2. The van der Waals surface area contributed by atoms with Crippen molar-refractivity contribution in [3.63, 3.8) is 0 Å². The number of carbonyl (C=O) groups excluding carboxylic acids is 1. The van der Waals surface area contributed by atoms with Crippen LogP contribution in [0, 0.1) is 0 Å². The van der Waals surface area contributed by atoms with Crippen molar-refractivity contribution >= 4 is 5.91 Å². The van der Waals surface area contributed by atoms with Gasteiger partial charge in [-0.3, -0.25) is 9.48 Å². The van der Waals surface area contributed by atoms with E-state index in [1.54, 1.807) is 10.9 Å². The Balaban J connectivity index is 1.81. The lowest BCUT2D eigenvalue weighted by molar-refractivity contribution is -0.122. The fourth-order valence-corrected chi connectivity index (χ4v) is 1.85. The molecule has 5 nitrogen and oxygen atoms in total. The van der Waals surface area contributed by atoms with Crippen LogP contribution in [0.2, 0.25) is 0 Å². The Labute approximate surface area is 112 Å². The average Bonchev–Trinajstić information content (AvgIpc) is 2.84. The molecule has 3 N–H and O–H groups in total. The van der Waals surface area contributed by atoms with Gasteiger partial charge in [-0.2, -0.15) is 5.10 Å². The fraction of sp³-hybridized carbons (Fsp3) is 0.286. The molecule has 5 heteroatoms. The summed E-state index contributed by atoms with van der Waals surface area (Å²) in [6.45, 7) is 0.561. The first-order valence-electron chi connectivity index (χ1n) is 6.22. The predicted molar refractivity (Wildman–Crippen MR) is 73.3 cm³/mol. The normalized spacial score (nSPS) is 12.1. The summed E-state index contributed by atoms with van der Waals surface area (Å²) in [5, 5.41) is 6.91. The molecule has 0 saturated carbocycles. The highest BCUT2D eigenvalue weighted by atomic mass is 16.2. The predicted octanol–water partition coefficient (Wildman–Crippen LogP) is 0.779. The van der Waals surface area contributed by atoms with Crippen molar-refractivity contribution in [1.82, 2.24) is 15.1 Å². The molecule has 1 heterocycles. The molecule has 0 aliphatic rings. The molecule has 1 aromatic heterocycles. The van der Waals surface area contributed by atoms with Crippen molar-refractivity contribution in [1.29, 1.82) is 0 Å². The van der Waals surface area contributed by atoms with E-state index in [9.17, 15) is 4.79 Å². The van der Waals surface area contributed by atoms with Crippen LogP contribution in [0.3, 0.4) is 0 Å². The lowest BCUT2D eigenvalue weighted by Gasteiger charge is -2.12. The Morgan fingerprint density at radius 2 is 2.16 bits per heavy atom. The summed E-state index contributed by atoms with van der Waals surface area (Å²) in [6, 6.07) is 8.74. The van der Waals surface area contributed by atoms with Gasteiger partial charge in [-0.25, -0.2) is 0 Å². The molecule has 100 valence electrons. The maximum atomic E-state index is 11.9. The van der Waals surface area contributed by atoms with Gasteiger partial charge in [0.2, 0.25) is 5.91 Å². The summed E-state index contributed by atoms with van der Waals surface area (Å²) in [5.74, 6) is -0.157. The van der Waals surface area contributed by atoms with E-state index >= 15 is 0 Å².